The van der Waals surface area contributed by atoms with Crippen molar-refractivity contribution in [3.05, 3.63) is 167 Å². The molecule has 75 heavy (non-hydrogen) atoms. The van der Waals surface area contributed by atoms with Gasteiger partial charge in [0.05, 0.1) is 66.1 Å². The van der Waals surface area contributed by atoms with Crippen molar-refractivity contribution in [2.24, 2.45) is 0 Å². The molecule has 0 aliphatic carbocycles. The van der Waals surface area contributed by atoms with Crippen LogP contribution in [0.1, 0.15) is 89.5 Å². The van der Waals surface area contributed by atoms with E-state index in [1.165, 1.54) is 52.0 Å². The van der Waals surface area contributed by atoms with Gasteiger partial charge >= 0.3 is 23.9 Å². The molecular formula is C58H70O17. The van der Waals surface area contributed by atoms with Crippen molar-refractivity contribution in [2.45, 2.75) is 78.1 Å². The Bertz CT molecular complexity index is 2200. The van der Waals surface area contributed by atoms with Gasteiger partial charge in [0.15, 0.2) is 23.0 Å². The van der Waals surface area contributed by atoms with Crippen LogP contribution < -0.4 is 18.9 Å². The molecule has 17 nitrogen and oxygen atoms in total. The first-order valence-corrected chi connectivity index (χ1v) is 24.7. The summed E-state index contributed by atoms with van der Waals surface area (Å²) in [5.74, 6) is -2.57. The molecule has 0 aliphatic heterocycles. The molecule has 0 radical (unpaired) electrons. The minimum absolute atomic E-state index is 0.0723. The summed E-state index contributed by atoms with van der Waals surface area (Å²) in [6.07, 6.45) is 6.69. The SMILES string of the molecule is CC=C(O)C(=O)OCCCOc1ccc(C(C)(COCC(C)(c2ccc(OCCCOC(=O)C(O)=CC)cc2)c2ccc(OCCCOC(=O)C(O)=CC)cc2)c2ccc(OCCCOC(=O)C(O)=CC)cc2)cc1. The highest BCUT2D eigenvalue weighted by atomic mass is 16.6. The first-order chi connectivity index (χ1) is 36.1. The van der Waals surface area contributed by atoms with Crippen molar-refractivity contribution >= 4 is 23.9 Å². The third-order valence-electron chi connectivity index (χ3n) is 11.8. The number of esters is 4. The first kappa shape index (κ1) is 59.6. The predicted octanol–water partition coefficient (Wildman–Crippen LogP) is 10.1. The topological polar surface area (TPSA) is 232 Å². The third-order valence-corrected chi connectivity index (χ3v) is 11.8. The number of hydrogen-bond donors (Lipinski definition) is 4. The number of aliphatic hydroxyl groups excluding tert-OH is 4. The molecule has 0 amide bonds. The largest absolute Gasteiger partial charge is 0.502 e. The minimum Gasteiger partial charge on any atom is -0.502 e. The summed E-state index contributed by atoms with van der Waals surface area (Å²) >= 11 is 0. The molecule has 17 heteroatoms. The molecule has 0 saturated heterocycles. The summed E-state index contributed by atoms with van der Waals surface area (Å²) in [4.78, 5) is 47.2. The van der Waals surface area contributed by atoms with Crippen molar-refractivity contribution in [3.63, 3.8) is 0 Å². The average Bonchev–Trinajstić information content (AvgIpc) is 3.44. The van der Waals surface area contributed by atoms with Crippen LogP contribution in [0.2, 0.25) is 0 Å². The Hall–Kier alpha value is -7.92. The average molecular weight is 1040 g/mol. The number of carbonyl (C=O) groups is 4. The molecule has 0 unspecified atom stereocenters. The molecule has 0 spiro atoms. The Morgan fingerprint density at radius 2 is 0.560 bits per heavy atom. The minimum atomic E-state index is -0.795. The van der Waals surface area contributed by atoms with Crippen LogP contribution in [0.5, 0.6) is 23.0 Å². The molecule has 0 saturated carbocycles. The number of ether oxygens (including phenoxy) is 9. The van der Waals surface area contributed by atoms with Crippen LogP contribution in [-0.4, -0.2) is 110 Å². The molecule has 404 valence electrons. The summed E-state index contributed by atoms with van der Waals surface area (Å²) in [6, 6.07) is 30.7. The molecule has 0 atom stereocenters. The molecule has 0 heterocycles. The molecular weight excluding hydrogens is 969 g/mol. The molecule has 0 bridgehead atoms. The first-order valence-electron chi connectivity index (χ1n) is 24.7. The van der Waals surface area contributed by atoms with Crippen molar-refractivity contribution in [1.29, 1.82) is 0 Å². The van der Waals surface area contributed by atoms with Crippen molar-refractivity contribution in [1.82, 2.24) is 0 Å². The molecule has 0 aromatic heterocycles. The fraction of sp³-hybridized carbons (Fsp3) is 0.379. The van der Waals surface area contributed by atoms with Gasteiger partial charge in [-0.25, -0.2) is 19.2 Å². The summed E-state index contributed by atoms with van der Waals surface area (Å²) in [7, 11) is 0. The number of rotatable bonds is 32. The van der Waals surface area contributed by atoms with Gasteiger partial charge in [-0.3, -0.25) is 0 Å². The van der Waals surface area contributed by atoms with E-state index in [9.17, 15) is 39.6 Å². The van der Waals surface area contributed by atoms with Gasteiger partial charge in [-0.1, -0.05) is 48.5 Å². The number of benzene rings is 4. The smallest absolute Gasteiger partial charge is 0.373 e. The maximum Gasteiger partial charge on any atom is 0.373 e. The Morgan fingerprint density at radius 3 is 0.747 bits per heavy atom. The van der Waals surface area contributed by atoms with Crippen molar-refractivity contribution in [3.8, 4) is 23.0 Å². The van der Waals surface area contributed by atoms with Crippen LogP contribution in [0.4, 0.5) is 0 Å². The van der Waals surface area contributed by atoms with Crippen LogP contribution in [0.15, 0.2) is 144 Å². The van der Waals surface area contributed by atoms with E-state index in [1.807, 2.05) is 97.1 Å². The Balaban J connectivity index is 1.56. The van der Waals surface area contributed by atoms with Crippen LogP contribution >= 0.6 is 0 Å². The zero-order chi connectivity index (χ0) is 54.6. The maximum atomic E-state index is 11.8. The number of allylic oxidation sites excluding steroid dienone is 4. The fourth-order valence-electron chi connectivity index (χ4n) is 7.22. The highest BCUT2D eigenvalue weighted by Gasteiger charge is 2.34. The number of hydrogen-bond acceptors (Lipinski definition) is 17. The predicted molar refractivity (Wildman–Crippen MR) is 279 cm³/mol. The van der Waals surface area contributed by atoms with Crippen molar-refractivity contribution in [2.75, 3.05) is 66.1 Å². The Labute approximate surface area is 438 Å². The second-order valence-corrected chi connectivity index (χ2v) is 17.3. The zero-order valence-corrected chi connectivity index (χ0v) is 43.5. The van der Waals surface area contributed by atoms with Crippen molar-refractivity contribution < 1.29 is 82.2 Å². The highest BCUT2D eigenvalue weighted by molar-refractivity contribution is 5.86. The van der Waals surface area contributed by atoms with Gasteiger partial charge in [-0.2, -0.15) is 0 Å². The van der Waals surface area contributed by atoms with E-state index in [0.717, 1.165) is 22.3 Å². The van der Waals surface area contributed by atoms with Crippen LogP contribution in [0.3, 0.4) is 0 Å². The zero-order valence-electron chi connectivity index (χ0n) is 43.5. The van der Waals surface area contributed by atoms with Gasteiger partial charge in [0.1, 0.15) is 23.0 Å². The number of aliphatic hydroxyl groups is 4. The molecule has 4 aromatic carbocycles. The van der Waals surface area contributed by atoms with E-state index in [4.69, 9.17) is 42.6 Å². The van der Waals surface area contributed by atoms with Gasteiger partial charge in [0.25, 0.3) is 0 Å². The third kappa shape index (κ3) is 18.8. The summed E-state index contributed by atoms with van der Waals surface area (Å²) < 4.78 is 51.0. The summed E-state index contributed by atoms with van der Waals surface area (Å²) in [5.41, 5.74) is 2.26. The standard InChI is InChI=1S/C58H70O17/c1-7-49(59)53(63)72-35-11-31-68-45-23-15-41(16-24-45)57(5,42-17-25-46(26-18-42)69-32-12-36-73-54(64)50(60)8-2)39-67-40-58(6,43-19-27-47(28-20-43)70-33-13-37-74-55(65)51(61)9-3)44-21-29-48(30-22-44)71-34-14-38-75-56(66)52(62)10-4/h7-10,15-30,59-62H,11-14,31-40H2,1-6H3. The van der Waals surface area contributed by atoms with Gasteiger partial charge in [-0.15, -0.1) is 0 Å². The lowest BCUT2D eigenvalue weighted by Crippen LogP contribution is -2.35. The van der Waals surface area contributed by atoms with E-state index >= 15 is 0 Å². The molecule has 4 aromatic rings. The maximum absolute atomic E-state index is 11.8. The Kier molecular flexibility index (Phi) is 24.6. The van der Waals surface area contributed by atoms with E-state index in [-0.39, 0.29) is 66.1 Å². The quantitative estimate of drug-likeness (QED) is 0.0117. The lowest BCUT2D eigenvalue weighted by atomic mass is 9.75. The normalized spacial score (nSPS) is 13.6. The van der Waals surface area contributed by atoms with Gasteiger partial charge in [0, 0.05) is 36.5 Å². The van der Waals surface area contributed by atoms with Crippen LogP contribution in [0.25, 0.3) is 0 Å². The second-order valence-electron chi connectivity index (χ2n) is 17.3. The lowest BCUT2D eigenvalue weighted by Gasteiger charge is -2.35. The summed E-state index contributed by atoms with van der Waals surface area (Å²) in [5, 5.41) is 38.2. The fourth-order valence-corrected chi connectivity index (χ4v) is 7.22. The van der Waals surface area contributed by atoms with Gasteiger partial charge in [0.2, 0.25) is 0 Å². The lowest BCUT2D eigenvalue weighted by molar-refractivity contribution is -0.143. The highest BCUT2D eigenvalue weighted by Crippen LogP contribution is 2.38. The Morgan fingerprint density at radius 1 is 0.360 bits per heavy atom. The molecule has 4 rings (SSSR count). The van der Waals surface area contributed by atoms with Crippen LogP contribution in [-0.2, 0) is 53.7 Å². The van der Waals surface area contributed by atoms with Gasteiger partial charge in [-0.05, 0) is 137 Å². The van der Waals surface area contributed by atoms with E-state index in [2.05, 4.69) is 13.8 Å². The molecule has 0 fully saturated rings. The summed E-state index contributed by atoms with van der Waals surface area (Å²) in [6.45, 7) is 12.1. The second kappa shape index (κ2) is 31.0. The molecule has 0 aliphatic rings. The van der Waals surface area contributed by atoms with E-state index in [1.54, 1.807) is 0 Å². The van der Waals surface area contributed by atoms with Gasteiger partial charge < -0.3 is 63.1 Å². The number of carbonyl (C=O) groups excluding carboxylic acids is 4. The monoisotopic (exact) mass is 1040 g/mol. The van der Waals surface area contributed by atoms with Crippen LogP contribution in [0, 0.1) is 0 Å². The van der Waals surface area contributed by atoms with E-state index < -0.39 is 57.7 Å². The van der Waals surface area contributed by atoms with E-state index in [0.29, 0.717) is 48.7 Å². The molecule has 4 N–H and O–H groups in total.